The van der Waals surface area contributed by atoms with E-state index in [9.17, 15) is 0 Å². The minimum atomic E-state index is -0.479. The van der Waals surface area contributed by atoms with Crippen LogP contribution in [0.1, 0.15) is 38.3 Å². The third-order valence-electron chi connectivity index (χ3n) is 5.34. The molecule has 1 atom stereocenters. The summed E-state index contributed by atoms with van der Waals surface area (Å²) >= 11 is 3.55. The maximum absolute atomic E-state index is 6.72. The molecule has 2 aliphatic rings. The zero-order valence-electron chi connectivity index (χ0n) is 14.3. The fourth-order valence-electron chi connectivity index (χ4n) is 4.08. The number of hydrogen-bond donors (Lipinski definition) is 0. The second-order valence-corrected chi connectivity index (χ2v) is 8.02. The van der Waals surface area contributed by atoms with Crippen LogP contribution in [0.4, 0.5) is 5.69 Å². The zero-order chi connectivity index (χ0) is 16.9. The molecule has 0 aliphatic carbocycles. The van der Waals surface area contributed by atoms with E-state index >= 15 is 0 Å². The van der Waals surface area contributed by atoms with Crippen LogP contribution >= 0.6 is 15.9 Å². The Morgan fingerprint density at radius 2 is 1.92 bits per heavy atom. The minimum absolute atomic E-state index is 0.139. The lowest BCUT2D eigenvalue weighted by Gasteiger charge is -2.47. The van der Waals surface area contributed by atoms with Crippen LogP contribution in [-0.4, -0.2) is 12.3 Å². The molecule has 0 bridgehead atoms. The van der Waals surface area contributed by atoms with Gasteiger partial charge in [0.2, 0.25) is 5.72 Å². The number of rotatable bonds is 2. The molecule has 0 saturated heterocycles. The average molecular weight is 384 g/mol. The maximum Gasteiger partial charge on any atom is 0.212 e. The molecule has 0 fully saturated rings. The number of hydrogen-bond acceptors (Lipinski definition) is 2. The van der Waals surface area contributed by atoms with Gasteiger partial charge >= 0.3 is 0 Å². The van der Waals surface area contributed by atoms with Gasteiger partial charge in [-0.3, -0.25) is 0 Å². The van der Waals surface area contributed by atoms with Crippen LogP contribution in [0.25, 0.3) is 6.08 Å². The number of ether oxygens (including phenoxy) is 1. The van der Waals surface area contributed by atoms with E-state index in [0.29, 0.717) is 0 Å². The van der Waals surface area contributed by atoms with Gasteiger partial charge in [0.05, 0.1) is 5.41 Å². The Labute approximate surface area is 152 Å². The maximum atomic E-state index is 6.72. The lowest BCUT2D eigenvalue weighted by molar-refractivity contribution is 0.0535. The van der Waals surface area contributed by atoms with Crippen molar-refractivity contribution in [3.63, 3.8) is 0 Å². The summed E-state index contributed by atoms with van der Waals surface area (Å²) in [7, 11) is 0. The molecule has 0 saturated carbocycles. The number of anilines is 1. The lowest BCUT2D eigenvalue weighted by atomic mass is 9.76. The Balaban J connectivity index is 1.90. The summed E-state index contributed by atoms with van der Waals surface area (Å²) in [6, 6.07) is 14.9. The van der Waals surface area contributed by atoms with E-state index in [4.69, 9.17) is 4.74 Å². The Bertz CT molecular complexity index is 826. The molecule has 3 heteroatoms. The van der Waals surface area contributed by atoms with E-state index < -0.39 is 5.72 Å². The second kappa shape index (κ2) is 5.38. The molecule has 0 radical (unpaired) electrons. The van der Waals surface area contributed by atoms with Gasteiger partial charge in [0, 0.05) is 22.3 Å². The molecule has 0 N–H and O–H groups in total. The summed E-state index contributed by atoms with van der Waals surface area (Å²) in [6.07, 6.45) is 5.54. The van der Waals surface area contributed by atoms with E-state index in [0.717, 1.165) is 28.8 Å². The second-order valence-electron chi connectivity index (χ2n) is 7.11. The fourth-order valence-corrected chi connectivity index (χ4v) is 4.46. The van der Waals surface area contributed by atoms with Crippen molar-refractivity contribution in [3.8, 4) is 5.75 Å². The molecule has 24 heavy (non-hydrogen) atoms. The van der Waals surface area contributed by atoms with Crippen molar-refractivity contribution in [1.82, 2.24) is 0 Å². The zero-order valence-corrected chi connectivity index (χ0v) is 15.9. The Morgan fingerprint density at radius 1 is 1.12 bits per heavy atom. The van der Waals surface area contributed by atoms with Gasteiger partial charge < -0.3 is 9.64 Å². The van der Waals surface area contributed by atoms with Crippen molar-refractivity contribution in [1.29, 1.82) is 0 Å². The highest BCUT2D eigenvalue weighted by atomic mass is 79.9. The fraction of sp³-hybridized carbons (Fsp3) is 0.333. The number of nitrogens with zero attached hydrogens (tertiary/aromatic N) is 1. The van der Waals surface area contributed by atoms with Gasteiger partial charge in [-0.1, -0.05) is 41.1 Å². The Hall–Kier alpha value is -1.74. The van der Waals surface area contributed by atoms with Crippen LogP contribution in [0.5, 0.6) is 5.75 Å². The van der Waals surface area contributed by atoms with Crippen molar-refractivity contribution in [3.05, 3.63) is 64.1 Å². The largest absolute Gasteiger partial charge is 0.463 e. The monoisotopic (exact) mass is 383 g/mol. The van der Waals surface area contributed by atoms with E-state index in [1.165, 1.54) is 11.3 Å². The van der Waals surface area contributed by atoms with Crippen LogP contribution < -0.4 is 9.64 Å². The molecule has 0 aromatic heterocycles. The van der Waals surface area contributed by atoms with Gasteiger partial charge in [-0.05, 0) is 62.2 Å². The van der Waals surface area contributed by atoms with E-state index in [2.05, 4.69) is 90.2 Å². The van der Waals surface area contributed by atoms with Crippen LogP contribution in [0.15, 0.2) is 53.0 Å². The standard InChI is InChI=1S/C21H22BrNO/c1-4-13-23-18-8-6-5-7-17(18)20(2,3)21(23)12-11-15-14-16(22)9-10-19(15)24-21/h5-12,14H,4,13H2,1-3H3. The number of halogens is 1. The first kappa shape index (κ1) is 15.8. The van der Waals surface area contributed by atoms with Crippen LogP contribution in [0, 0.1) is 0 Å². The number of fused-ring (bicyclic) bond motifs is 2. The molecular weight excluding hydrogens is 362 g/mol. The first-order valence-corrected chi connectivity index (χ1v) is 9.34. The van der Waals surface area contributed by atoms with Gasteiger partial charge in [-0.15, -0.1) is 0 Å². The SMILES string of the molecule is CCCN1c2ccccc2C(C)(C)C12C=Cc1cc(Br)ccc1O2. The molecule has 2 aromatic carbocycles. The molecule has 0 amide bonds. The number of para-hydroxylation sites is 1. The summed E-state index contributed by atoms with van der Waals surface area (Å²) in [5, 5.41) is 0. The van der Waals surface area contributed by atoms with Crippen molar-refractivity contribution in [2.45, 2.75) is 38.3 Å². The van der Waals surface area contributed by atoms with Crippen LogP contribution in [0.3, 0.4) is 0 Å². The van der Waals surface area contributed by atoms with Crippen molar-refractivity contribution < 1.29 is 4.74 Å². The quantitative estimate of drug-likeness (QED) is 0.653. The molecule has 124 valence electrons. The molecule has 2 aromatic rings. The molecular formula is C21H22BrNO. The molecule has 2 aliphatic heterocycles. The lowest BCUT2D eigenvalue weighted by Crippen LogP contribution is -2.59. The van der Waals surface area contributed by atoms with Gasteiger partial charge in [-0.2, -0.15) is 0 Å². The Kier molecular flexibility index (Phi) is 3.54. The summed E-state index contributed by atoms with van der Waals surface area (Å²) in [5.41, 5.74) is 3.14. The van der Waals surface area contributed by atoms with E-state index in [-0.39, 0.29) is 5.41 Å². The third kappa shape index (κ3) is 2.00. The third-order valence-corrected chi connectivity index (χ3v) is 5.83. The van der Waals surface area contributed by atoms with Gasteiger partial charge in [-0.25, -0.2) is 0 Å². The highest BCUT2D eigenvalue weighted by Gasteiger charge is 2.58. The first-order chi connectivity index (χ1) is 11.5. The summed E-state index contributed by atoms with van der Waals surface area (Å²) in [6.45, 7) is 7.77. The average Bonchev–Trinajstić information content (AvgIpc) is 2.75. The van der Waals surface area contributed by atoms with E-state index in [1.54, 1.807) is 0 Å². The summed E-state index contributed by atoms with van der Waals surface area (Å²) in [4.78, 5) is 2.43. The molecule has 4 rings (SSSR count). The van der Waals surface area contributed by atoms with Gasteiger partial charge in [0.25, 0.3) is 0 Å². The Morgan fingerprint density at radius 3 is 2.71 bits per heavy atom. The van der Waals surface area contributed by atoms with Crippen molar-refractivity contribution >= 4 is 27.7 Å². The topological polar surface area (TPSA) is 12.5 Å². The van der Waals surface area contributed by atoms with Crippen molar-refractivity contribution in [2.24, 2.45) is 0 Å². The predicted molar refractivity (Wildman–Crippen MR) is 104 cm³/mol. The highest BCUT2D eigenvalue weighted by Crippen LogP contribution is 2.54. The highest BCUT2D eigenvalue weighted by molar-refractivity contribution is 9.10. The predicted octanol–water partition coefficient (Wildman–Crippen LogP) is 5.76. The summed E-state index contributed by atoms with van der Waals surface area (Å²) < 4.78 is 7.79. The minimum Gasteiger partial charge on any atom is -0.463 e. The van der Waals surface area contributed by atoms with Crippen LogP contribution in [-0.2, 0) is 5.41 Å². The van der Waals surface area contributed by atoms with Gasteiger partial charge in [0.1, 0.15) is 5.75 Å². The van der Waals surface area contributed by atoms with Crippen LogP contribution in [0.2, 0.25) is 0 Å². The smallest absolute Gasteiger partial charge is 0.212 e. The molecule has 2 heterocycles. The molecule has 1 unspecified atom stereocenters. The van der Waals surface area contributed by atoms with Gasteiger partial charge in [0.15, 0.2) is 0 Å². The van der Waals surface area contributed by atoms with Crippen molar-refractivity contribution in [2.75, 3.05) is 11.4 Å². The van der Waals surface area contributed by atoms with E-state index in [1.807, 2.05) is 6.07 Å². The summed E-state index contributed by atoms with van der Waals surface area (Å²) in [5.74, 6) is 0.947. The number of benzene rings is 2. The molecule has 2 nitrogen and oxygen atoms in total. The normalized spacial score (nSPS) is 23.1. The molecule has 1 spiro atoms. The first-order valence-electron chi connectivity index (χ1n) is 8.54.